The normalized spacial score (nSPS) is 13.3. The van der Waals surface area contributed by atoms with Crippen molar-refractivity contribution in [1.29, 1.82) is 0 Å². The van der Waals surface area contributed by atoms with Crippen LogP contribution < -0.4 is 16.4 Å². The molecular formula is C24H31N7O3SSi. The van der Waals surface area contributed by atoms with Gasteiger partial charge in [0.2, 0.25) is 5.91 Å². The van der Waals surface area contributed by atoms with Crippen LogP contribution in [0.3, 0.4) is 0 Å². The van der Waals surface area contributed by atoms with Gasteiger partial charge in [0.05, 0.1) is 6.61 Å². The van der Waals surface area contributed by atoms with Gasteiger partial charge in [-0.2, -0.15) is 5.10 Å². The number of nitrogens with zero attached hydrogens (tertiary/aromatic N) is 3. The van der Waals surface area contributed by atoms with E-state index in [1.807, 2.05) is 31.2 Å². The van der Waals surface area contributed by atoms with E-state index < -0.39 is 14.0 Å². The summed E-state index contributed by atoms with van der Waals surface area (Å²) in [5.41, 5.74) is 7.98. The summed E-state index contributed by atoms with van der Waals surface area (Å²) in [6.45, 7) is 8.83. The number of nitrogen functional groups attached to an aromatic ring is 1. The first-order valence-electron chi connectivity index (χ1n) is 11.8. The monoisotopic (exact) mass is 525 g/mol. The number of hydrogen-bond acceptors (Lipinski definition) is 9. The van der Waals surface area contributed by atoms with Gasteiger partial charge in [0.25, 0.3) is 0 Å². The minimum atomic E-state index is -1.37. The molecule has 0 saturated heterocycles. The summed E-state index contributed by atoms with van der Waals surface area (Å²) < 4.78 is 5.50. The van der Waals surface area contributed by atoms with Gasteiger partial charge in [-0.1, -0.05) is 19.6 Å². The second-order valence-electron chi connectivity index (χ2n) is 10.0. The highest BCUT2D eigenvalue weighted by Crippen LogP contribution is 2.33. The Morgan fingerprint density at radius 2 is 1.92 bits per heavy atom. The first kappa shape index (κ1) is 25.7. The van der Waals surface area contributed by atoms with Gasteiger partial charge in [-0.3, -0.25) is 9.89 Å². The fourth-order valence-corrected chi connectivity index (χ4v) is 4.64. The second kappa shape index (κ2) is 10.7. The molecule has 0 bridgehead atoms. The minimum absolute atomic E-state index is 0.00569. The topological polar surface area (TPSA) is 148 Å². The van der Waals surface area contributed by atoms with Crippen molar-refractivity contribution in [2.24, 2.45) is 5.92 Å². The highest BCUT2D eigenvalue weighted by Gasteiger charge is 2.29. The Kier molecular flexibility index (Phi) is 7.64. The maximum atomic E-state index is 12.9. The molecular weight excluding hydrogens is 494 g/mol. The maximum Gasteiger partial charge on any atom is 0.359 e. The molecule has 1 aromatic carbocycles. The number of carbonyl (C=O) groups is 2. The van der Waals surface area contributed by atoms with E-state index in [0.29, 0.717) is 17.6 Å². The number of nitrogens with two attached hydrogens (primary N) is 1. The fraction of sp³-hybridized carbons (Fsp3) is 0.375. The Morgan fingerprint density at radius 3 is 2.53 bits per heavy atom. The zero-order valence-electron chi connectivity index (χ0n) is 20.8. The number of aromatic amines is 1. The maximum absolute atomic E-state index is 12.9. The molecule has 1 aliphatic rings. The predicted octanol–water partition coefficient (Wildman–Crippen LogP) is 4.83. The molecule has 1 fully saturated rings. The van der Waals surface area contributed by atoms with Crippen molar-refractivity contribution in [3.05, 3.63) is 41.7 Å². The highest BCUT2D eigenvalue weighted by atomic mass is 32.2. The average Bonchev–Trinajstić information content (AvgIpc) is 3.58. The number of H-pyrrole nitrogens is 1. The molecule has 1 aliphatic carbocycles. The van der Waals surface area contributed by atoms with E-state index in [4.69, 9.17) is 10.5 Å². The summed E-state index contributed by atoms with van der Waals surface area (Å²) in [7, 11) is -1.37. The van der Waals surface area contributed by atoms with E-state index in [2.05, 4.69) is 50.4 Å². The Labute approximate surface area is 215 Å². The van der Waals surface area contributed by atoms with E-state index in [1.54, 1.807) is 6.07 Å². The summed E-state index contributed by atoms with van der Waals surface area (Å²) >= 11 is 1.27. The highest BCUT2D eigenvalue weighted by molar-refractivity contribution is 7.99. The molecule has 0 radical (unpaired) electrons. The van der Waals surface area contributed by atoms with Gasteiger partial charge < -0.3 is 21.1 Å². The van der Waals surface area contributed by atoms with Gasteiger partial charge in [-0.25, -0.2) is 14.8 Å². The summed E-state index contributed by atoms with van der Waals surface area (Å²) in [6, 6.07) is 10.0. The van der Waals surface area contributed by atoms with E-state index >= 15 is 0 Å². The Balaban J connectivity index is 1.55. The van der Waals surface area contributed by atoms with Gasteiger partial charge in [-0.05, 0) is 61.8 Å². The van der Waals surface area contributed by atoms with E-state index in [9.17, 15) is 9.59 Å². The van der Waals surface area contributed by atoms with Crippen LogP contribution in [0, 0.1) is 12.8 Å². The third kappa shape index (κ3) is 7.07. The Morgan fingerprint density at radius 1 is 1.19 bits per heavy atom. The lowest BCUT2D eigenvalue weighted by Crippen LogP contribution is -2.23. The number of benzene rings is 1. The third-order valence-electron chi connectivity index (χ3n) is 5.44. The van der Waals surface area contributed by atoms with Crippen LogP contribution in [0.4, 0.5) is 23.0 Å². The lowest BCUT2D eigenvalue weighted by atomic mass is 10.3. The van der Waals surface area contributed by atoms with Crippen LogP contribution in [0.5, 0.6) is 0 Å². The van der Waals surface area contributed by atoms with Gasteiger partial charge in [0, 0.05) is 36.3 Å². The third-order valence-corrected chi connectivity index (χ3v) is 8.01. The lowest BCUT2D eigenvalue weighted by Gasteiger charge is -2.16. The molecule has 4 rings (SSSR count). The number of hydrogen-bond donors (Lipinski definition) is 4. The van der Waals surface area contributed by atoms with Gasteiger partial charge in [0.1, 0.15) is 5.69 Å². The van der Waals surface area contributed by atoms with Crippen LogP contribution in [-0.2, 0) is 9.53 Å². The molecule has 5 N–H and O–H groups in total. The first-order chi connectivity index (χ1) is 17.1. The van der Waals surface area contributed by atoms with E-state index in [0.717, 1.165) is 35.2 Å². The Hall–Kier alpha value is -3.38. The summed E-state index contributed by atoms with van der Waals surface area (Å²) in [5, 5.41) is 13.3. The molecule has 1 amide bonds. The van der Waals surface area contributed by atoms with Crippen LogP contribution >= 0.6 is 11.8 Å². The number of esters is 1. The van der Waals surface area contributed by atoms with Crippen molar-refractivity contribution in [3.8, 4) is 0 Å². The number of ether oxygens (including phenoxy) is 1. The van der Waals surface area contributed by atoms with Crippen LogP contribution in [0.1, 0.15) is 29.0 Å². The van der Waals surface area contributed by atoms with Crippen molar-refractivity contribution < 1.29 is 14.3 Å². The number of carbonyl (C=O) groups excluding carboxylic acids is 2. The smallest absolute Gasteiger partial charge is 0.359 e. The van der Waals surface area contributed by atoms with Gasteiger partial charge in [0.15, 0.2) is 22.5 Å². The molecule has 0 aliphatic heterocycles. The number of aryl methyl sites for hydroxylation is 1. The molecule has 2 heterocycles. The minimum Gasteiger partial charge on any atom is -0.461 e. The zero-order chi connectivity index (χ0) is 25.9. The largest absolute Gasteiger partial charge is 0.461 e. The average molecular weight is 526 g/mol. The molecule has 1 saturated carbocycles. The van der Waals surface area contributed by atoms with Gasteiger partial charge >= 0.3 is 5.97 Å². The van der Waals surface area contributed by atoms with Gasteiger partial charge in [-0.15, -0.1) is 0 Å². The van der Waals surface area contributed by atoms with Crippen molar-refractivity contribution in [1.82, 2.24) is 20.2 Å². The number of anilines is 4. The van der Waals surface area contributed by atoms with Crippen LogP contribution in [0.15, 0.2) is 40.4 Å². The molecule has 0 unspecified atom stereocenters. The molecule has 10 nitrogen and oxygen atoms in total. The number of rotatable bonds is 10. The summed E-state index contributed by atoms with van der Waals surface area (Å²) in [4.78, 5) is 34.7. The van der Waals surface area contributed by atoms with Crippen molar-refractivity contribution in [2.75, 3.05) is 23.0 Å². The summed E-state index contributed by atoms with van der Waals surface area (Å²) in [6.07, 6.45) is 1.90. The molecule has 36 heavy (non-hydrogen) atoms. The quantitative estimate of drug-likeness (QED) is 0.166. The predicted molar refractivity (Wildman–Crippen MR) is 143 cm³/mol. The second-order valence-corrected chi connectivity index (χ2v) is 16.7. The van der Waals surface area contributed by atoms with Crippen molar-refractivity contribution in [3.63, 3.8) is 0 Å². The van der Waals surface area contributed by atoms with E-state index in [-0.39, 0.29) is 29.0 Å². The lowest BCUT2D eigenvalue weighted by molar-refractivity contribution is -0.117. The number of amides is 1. The molecule has 0 atom stereocenters. The van der Waals surface area contributed by atoms with Crippen molar-refractivity contribution in [2.45, 2.75) is 55.5 Å². The Bertz CT molecular complexity index is 1250. The van der Waals surface area contributed by atoms with E-state index in [1.165, 1.54) is 11.8 Å². The van der Waals surface area contributed by atoms with Crippen LogP contribution in [0.2, 0.25) is 25.7 Å². The molecule has 3 aromatic rings. The molecule has 12 heteroatoms. The molecule has 0 spiro atoms. The molecule has 2 aromatic heterocycles. The van der Waals surface area contributed by atoms with Crippen LogP contribution in [0.25, 0.3) is 0 Å². The van der Waals surface area contributed by atoms with Crippen molar-refractivity contribution >= 4 is 54.7 Å². The SMILES string of the molecule is Cc1cc(Nc2nc(Sc3ccc(NC(=O)C4CC4)cc3)nc(C(=O)OCC[Si](C)(C)C)c2N)n[nH]1. The summed E-state index contributed by atoms with van der Waals surface area (Å²) in [5.74, 6) is 0.385. The fourth-order valence-electron chi connectivity index (χ4n) is 3.17. The first-order valence-corrected chi connectivity index (χ1v) is 16.3. The number of aromatic nitrogens is 4. The van der Waals surface area contributed by atoms with Crippen LogP contribution in [-0.4, -0.2) is 46.7 Å². The zero-order valence-corrected chi connectivity index (χ0v) is 22.7. The standard InChI is InChI=1S/C24H31N7O3SSi/c1-14-13-18(31-30-14)27-21-19(25)20(23(33)34-11-12-36(2,3)4)28-24(29-21)35-17-9-7-16(8-10-17)26-22(32)15-5-6-15/h7-10,13,15H,5-6,11-12,25H2,1-4H3,(H,26,32)(H2,27,28,29,30,31). The molecule has 190 valence electrons. The number of nitrogens with one attached hydrogen (secondary N) is 3.